The van der Waals surface area contributed by atoms with Gasteiger partial charge in [0.05, 0.1) is 23.8 Å². The van der Waals surface area contributed by atoms with Crippen LogP contribution >= 0.6 is 0 Å². The van der Waals surface area contributed by atoms with Crippen molar-refractivity contribution < 1.29 is 30.0 Å². The molecule has 0 fully saturated rings. The summed E-state index contributed by atoms with van der Waals surface area (Å²) in [5, 5.41) is 43.5. The van der Waals surface area contributed by atoms with Crippen LogP contribution < -0.4 is 10.6 Å². The predicted octanol–water partition coefficient (Wildman–Crippen LogP) is 1.49. The Balaban J connectivity index is 1.74. The first-order valence-corrected chi connectivity index (χ1v) is 8.93. The molecule has 0 radical (unpaired) electrons. The second-order valence-electron chi connectivity index (χ2n) is 6.30. The van der Waals surface area contributed by atoms with Gasteiger partial charge in [-0.25, -0.2) is 0 Å². The van der Waals surface area contributed by atoms with E-state index in [0.717, 1.165) is 0 Å². The zero-order valence-corrected chi connectivity index (χ0v) is 15.3. The molecule has 0 saturated heterocycles. The fourth-order valence-electron chi connectivity index (χ4n) is 2.67. The molecular weight excluding hydrogens is 364 g/mol. The molecule has 0 unspecified atom stereocenters. The van der Waals surface area contributed by atoms with Crippen LogP contribution in [0.3, 0.4) is 0 Å². The van der Waals surface area contributed by atoms with Gasteiger partial charge in [-0.3, -0.25) is 9.59 Å². The lowest BCUT2D eigenvalue weighted by Gasteiger charge is -2.16. The largest absolute Gasteiger partial charge is 0.507 e. The highest BCUT2D eigenvalue weighted by Gasteiger charge is 2.16. The van der Waals surface area contributed by atoms with Crippen molar-refractivity contribution >= 4 is 11.8 Å². The zero-order valence-electron chi connectivity index (χ0n) is 15.3. The Kier molecular flexibility index (Phi) is 7.65. The van der Waals surface area contributed by atoms with Crippen molar-refractivity contribution in [1.82, 2.24) is 10.6 Å². The predicted molar refractivity (Wildman–Crippen MR) is 102 cm³/mol. The van der Waals surface area contributed by atoms with Gasteiger partial charge in [-0.1, -0.05) is 18.2 Å². The number of rotatable bonds is 9. The third-order valence-electron chi connectivity index (χ3n) is 4.23. The first kappa shape index (κ1) is 21.0. The number of nitrogens with one attached hydrogen (secondary N) is 2. The summed E-state index contributed by atoms with van der Waals surface area (Å²) in [6.45, 7) is 0.0857. The van der Waals surface area contributed by atoms with E-state index in [9.17, 15) is 30.0 Å². The summed E-state index contributed by atoms with van der Waals surface area (Å²) >= 11 is 0. The first-order valence-electron chi connectivity index (χ1n) is 8.93. The molecule has 1 atom stereocenters. The number of carbonyl (C=O) groups excluding carboxylic acids is 2. The molecule has 2 aromatic carbocycles. The van der Waals surface area contributed by atoms with E-state index in [1.807, 2.05) is 0 Å². The van der Waals surface area contributed by atoms with Crippen molar-refractivity contribution in [3.05, 3.63) is 53.6 Å². The van der Waals surface area contributed by atoms with Gasteiger partial charge in [-0.2, -0.15) is 0 Å². The minimum Gasteiger partial charge on any atom is -0.507 e. The third kappa shape index (κ3) is 5.62. The Labute approximate surface area is 162 Å². The van der Waals surface area contributed by atoms with Crippen LogP contribution in [0.5, 0.6) is 17.2 Å². The van der Waals surface area contributed by atoms with Gasteiger partial charge in [0, 0.05) is 6.54 Å². The van der Waals surface area contributed by atoms with Crippen molar-refractivity contribution in [2.24, 2.45) is 0 Å². The number of phenolic OH excluding ortho intramolecular Hbond substituents is 3. The Bertz CT molecular complexity index is 824. The van der Waals surface area contributed by atoms with Gasteiger partial charge < -0.3 is 31.1 Å². The van der Waals surface area contributed by atoms with Crippen LogP contribution in [-0.2, 0) is 0 Å². The van der Waals surface area contributed by atoms with Crippen LogP contribution in [-0.4, -0.2) is 51.4 Å². The number of aromatic hydroxyl groups is 3. The molecule has 0 heterocycles. The van der Waals surface area contributed by atoms with Crippen molar-refractivity contribution in [3.8, 4) is 17.2 Å². The topological polar surface area (TPSA) is 139 Å². The van der Waals surface area contributed by atoms with Crippen molar-refractivity contribution in [3.63, 3.8) is 0 Å². The summed E-state index contributed by atoms with van der Waals surface area (Å²) in [5.74, 6) is -1.93. The molecule has 8 nitrogen and oxygen atoms in total. The van der Waals surface area contributed by atoms with Gasteiger partial charge in [-0.15, -0.1) is 0 Å². The molecule has 6 N–H and O–H groups in total. The minimum atomic E-state index is -0.500. The molecular formula is C20H24N2O6. The van der Waals surface area contributed by atoms with E-state index in [-0.39, 0.29) is 29.2 Å². The highest BCUT2D eigenvalue weighted by Crippen LogP contribution is 2.27. The van der Waals surface area contributed by atoms with Crippen LogP contribution in [0, 0.1) is 0 Å². The molecule has 0 aliphatic heterocycles. The SMILES string of the molecule is O=C(N[C@H](CO)CCCCNC(=O)c1cccc(O)c1O)c1ccccc1O. The second-order valence-corrected chi connectivity index (χ2v) is 6.30. The van der Waals surface area contributed by atoms with E-state index < -0.39 is 23.6 Å². The maximum atomic E-state index is 12.1. The number of hydrogen-bond acceptors (Lipinski definition) is 6. The molecule has 0 aliphatic carbocycles. The van der Waals surface area contributed by atoms with Crippen molar-refractivity contribution in [2.45, 2.75) is 25.3 Å². The molecule has 0 saturated carbocycles. The maximum Gasteiger partial charge on any atom is 0.255 e. The molecule has 28 heavy (non-hydrogen) atoms. The van der Waals surface area contributed by atoms with Crippen LogP contribution in [0.25, 0.3) is 0 Å². The molecule has 2 aromatic rings. The fraction of sp³-hybridized carbons (Fsp3) is 0.300. The summed E-state index contributed by atoms with van der Waals surface area (Å²) in [6, 6.07) is 9.82. The number of benzene rings is 2. The fourth-order valence-corrected chi connectivity index (χ4v) is 2.67. The highest BCUT2D eigenvalue weighted by molar-refractivity contribution is 5.97. The molecule has 8 heteroatoms. The standard InChI is InChI=1S/C20H24N2O6/c23-12-13(22-20(28)14-7-1-2-9-16(14)24)6-3-4-11-21-19(27)15-8-5-10-17(25)18(15)26/h1-2,5,7-10,13,23-26H,3-4,6,11-12H2,(H,21,27)(H,22,28)/t13-/m0/s1. The van der Waals surface area contributed by atoms with Crippen LogP contribution in [0.15, 0.2) is 42.5 Å². The Hall–Kier alpha value is -3.26. The number of amides is 2. The smallest absolute Gasteiger partial charge is 0.255 e. The van der Waals surface area contributed by atoms with Gasteiger partial charge in [0.15, 0.2) is 11.5 Å². The lowest BCUT2D eigenvalue weighted by atomic mass is 10.1. The molecule has 0 aliphatic rings. The summed E-state index contributed by atoms with van der Waals surface area (Å²) < 4.78 is 0. The number of carbonyl (C=O) groups is 2. The van der Waals surface area contributed by atoms with Crippen LogP contribution in [0.4, 0.5) is 0 Å². The lowest BCUT2D eigenvalue weighted by Crippen LogP contribution is -2.37. The van der Waals surface area contributed by atoms with Crippen LogP contribution in [0.2, 0.25) is 0 Å². The average Bonchev–Trinajstić information content (AvgIpc) is 2.68. The highest BCUT2D eigenvalue weighted by atomic mass is 16.3. The number of hydrogen-bond donors (Lipinski definition) is 6. The van der Waals surface area contributed by atoms with Gasteiger partial charge >= 0.3 is 0 Å². The van der Waals surface area contributed by atoms with Gasteiger partial charge in [0.25, 0.3) is 11.8 Å². The Morgan fingerprint density at radius 2 is 1.54 bits per heavy atom. The molecule has 2 rings (SSSR count). The van der Waals surface area contributed by atoms with Gasteiger partial charge in [0.1, 0.15) is 5.75 Å². The van der Waals surface area contributed by atoms with E-state index in [1.165, 1.54) is 30.3 Å². The Morgan fingerprint density at radius 3 is 2.25 bits per heavy atom. The molecule has 0 spiro atoms. The quantitative estimate of drug-likeness (QED) is 0.284. The van der Waals surface area contributed by atoms with Crippen LogP contribution in [0.1, 0.15) is 40.0 Å². The second kappa shape index (κ2) is 10.2. The monoisotopic (exact) mass is 388 g/mol. The van der Waals surface area contributed by atoms with E-state index in [2.05, 4.69) is 10.6 Å². The van der Waals surface area contributed by atoms with E-state index in [0.29, 0.717) is 25.8 Å². The van der Waals surface area contributed by atoms with Crippen molar-refractivity contribution in [2.75, 3.05) is 13.2 Å². The van der Waals surface area contributed by atoms with Gasteiger partial charge in [0.2, 0.25) is 0 Å². The zero-order chi connectivity index (χ0) is 20.5. The lowest BCUT2D eigenvalue weighted by molar-refractivity contribution is 0.0909. The maximum absolute atomic E-state index is 12.1. The summed E-state index contributed by atoms with van der Waals surface area (Å²) in [7, 11) is 0. The molecule has 0 bridgehead atoms. The van der Waals surface area contributed by atoms with Gasteiger partial charge in [-0.05, 0) is 43.5 Å². The number of unbranched alkanes of at least 4 members (excludes halogenated alkanes) is 1. The van der Waals surface area contributed by atoms with E-state index in [4.69, 9.17) is 0 Å². The molecule has 0 aromatic heterocycles. The van der Waals surface area contributed by atoms with E-state index in [1.54, 1.807) is 12.1 Å². The first-order chi connectivity index (χ1) is 13.4. The Morgan fingerprint density at radius 1 is 0.857 bits per heavy atom. The number of aliphatic hydroxyl groups is 1. The summed E-state index contributed by atoms with van der Waals surface area (Å²) in [5.41, 5.74) is 0.127. The number of para-hydroxylation sites is 2. The van der Waals surface area contributed by atoms with Crippen molar-refractivity contribution in [1.29, 1.82) is 0 Å². The number of phenols is 3. The molecule has 150 valence electrons. The summed E-state index contributed by atoms with van der Waals surface area (Å²) in [4.78, 5) is 24.1. The number of aliphatic hydroxyl groups excluding tert-OH is 1. The third-order valence-corrected chi connectivity index (χ3v) is 4.23. The average molecular weight is 388 g/mol. The van der Waals surface area contributed by atoms with E-state index >= 15 is 0 Å². The minimum absolute atomic E-state index is 0.0110. The normalized spacial score (nSPS) is 11.6. The summed E-state index contributed by atoms with van der Waals surface area (Å²) in [6.07, 6.45) is 1.70. The molecule has 2 amide bonds.